The molecule has 2 aromatic rings. The molecule has 0 unspecified atom stereocenters. The minimum atomic E-state index is -0.251. The van der Waals surface area contributed by atoms with Crippen LogP contribution in [-0.2, 0) is 6.42 Å². The van der Waals surface area contributed by atoms with Gasteiger partial charge < -0.3 is 10.2 Å². The molecule has 0 radical (unpaired) electrons. The highest BCUT2D eigenvalue weighted by molar-refractivity contribution is 5.55. The lowest BCUT2D eigenvalue weighted by Crippen LogP contribution is -2.26. The summed E-state index contributed by atoms with van der Waals surface area (Å²) in [5.41, 5.74) is 1.82. The van der Waals surface area contributed by atoms with Crippen molar-refractivity contribution in [3.63, 3.8) is 0 Å². The van der Waals surface area contributed by atoms with Gasteiger partial charge >= 0.3 is 0 Å². The average molecular weight is 330 g/mol. The van der Waals surface area contributed by atoms with Gasteiger partial charge in [-0.2, -0.15) is 4.98 Å². The molecule has 1 N–H and O–H groups in total. The Morgan fingerprint density at radius 3 is 2.21 bits per heavy atom. The van der Waals surface area contributed by atoms with Crippen molar-refractivity contribution in [1.82, 2.24) is 9.97 Å². The summed E-state index contributed by atoms with van der Waals surface area (Å²) >= 11 is 0. The molecule has 0 aliphatic heterocycles. The normalized spacial score (nSPS) is 10.7. The molecule has 0 amide bonds. The number of nitrogens with zero attached hydrogens (tertiary/aromatic N) is 3. The molecule has 1 aromatic carbocycles. The standard InChI is InChI=1S/C19H27FN4/c1-4-7-17-14-18(24(12-5-2)13-6-3)23-19(22-17)21-16-10-8-15(20)9-11-16/h8-11,14H,4-7,12-13H2,1-3H3,(H,21,22,23). The molecule has 24 heavy (non-hydrogen) atoms. The van der Waals surface area contributed by atoms with Crippen molar-refractivity contribution in [3.8, 4) is 0 Å². The number of halogens is 1. The molecule has 0 fully saturated rings. The van der Waals surface area contributed by atoms with Gasteiger partial charge in [0.25, 0.3) is 0 Å². The van der Waals surface area contributed by atoms with E-state index in [0.717, 1.165) is 56.0 Å². The molecule has 0 spiro atoms. The van der Waals surface area contributed by atoms with Gasteiger partial charge in [0.1, 0.15) is 11.6 Å². The van der Waals surface area contributed by atoms with E-state index in [1.807, 2.05) is 0 Å². The second-order valence-electron chi connectivity index (χ2n) is 5.91. The number of aryl methyl sites for hydroxylation is 1. The van der Waals surface area contributed by atoms with E-state index in [1.54, 1.807) is 12.1 Å². The van der Waals surface area contributed by atoms with Gasteiger partial charge in [-0.1, -0.05) is 27.2 Å². The summed E-state index contributed by atoms with van der Waals surface area (Å²) in [6, 6.07) is 8.34. The van der Waals surface area contributed by atoms with Crippen LogP contribution in [0.2, 0.25) is 0 Å². The van der Waals surface area contributed by atoms with Crippen molar-refractivity contribution in [1.29, 1.82) is 0 Å². The second kappa shape index (κ2) is 9.21. The van der Waals surface area contributed by atoms with E-state index in [9.17, 15) is 4.39 Å². The van der Waals surface area contributed by atoms with Crippen LogP contribution in [0.5, 0.6) is 0 Å². The molecule has 0 bridgehead atoms. The molecule has 0 saturated heterocycles. The van der Waals surface area contributed by atoms with Gasteiger partial charge in [-0.05, 0) is 43.5 Å². The summed E-state index contributed by atoms with van der Waals surface area (Å²) in [6.07, 6.45) is 4.11. The number of nitrogens with one attached hydrogen (secondary N) is 1. The summed E-state index contributed by atoms with van der Waals surface area (Å²) in [5, 5.41) is 3.19. The molecule has 4 nitrogen and oxygen atoms in total. The van der Waals surface area contributed by atoms with Crippen molar-refractivity contribution in [2.45, 2.75) is 46.5 Å². The van der Waals surface area contributed by atoms with Crippen molar-refractivity contribution >= 4 is 17.5 Å². The van der Waals surface area contributed by atoms with E-state index in [2.05, 4.69) is 47.0 Å². The van der Waals surface area contributed by atoms with Crippen molar-refractivity contribution < 1.29 is 4.39 Å². The van der Waals surface area contributed by atoms with Gasteiger partial charge in [0, 0.05) is 30.5 Å². The Kier molecular flexibility index (Phi) is 6.97. The first-order valence-corrected chi connectivity index (χ1v) is 8.81. The van der Waals surface area contributed by atoms with Crippen LogP contribution in [0.4, 0.5) is 21.8 Å². The minimum absolute atomic E-state index is 0.251. The Morgan fingerprint density at radius 2 is 1.62 bits per heavy atom. The zero-order valence-electron chi connectivity index (χ0n) is 14.8. The zero-order chi connectivity index (χ0) is 17.4. The number of rotatable bonds is 9. The Bertz CT molecular complexity index is 622. The molecule has 0 atom stereocenters. The average Bonchev–Trinajstić information content (AvgIpc) is 2.57. The Balaban J connectivity index is 2.30. The van der Waals surface area contributed by atoms with E-state index < -0.39 is 0 Å². The number of anilines is 3. The Labute approximate surface area is 144 Å². The van der Waals surface area contributed by atoms with E-state index in [1.165, 1.54) is 12.1 Å². The van der Waals surface area contributed by atoms with Crippen molar-refractivity contribution in [2.75, 3.05) is 23.3 Å². The number of hydrogen-bond acceptors (Lipinski definition) is 4. The Hall–Kier alpha value is -2.17. The van der Waals surface area contributed by atoms with E-state index in [-0.39, 0.29) is 5.82 Å². The third kappa shape index (κ3) is 5.18. The molecular formula is C19H27FN4. The quantitative estimate of drug-likeness (QED) is 0.707. The third-order valence-electron chi connectivity index (χ3n) is 3.68. The van der Waals surface area contributed by atoms with Crippen LogP contribution in [0.3, 0.4) is 0 Å². The maximum Gasteiger partial charge on any atom is 0.229 e. The Morgan fingerprint density at radius 1 is 0.958 bits per heavy atom. The largest absolute Gasteiger partial charge is 0.356 e. The highest BCUT2D eigenvalue weighted by Gasteiger charge is 2.11. The number of benzene rings is 1. The van der Waals surface area contributed by atoms with Gasteiger partial charge in [0.15, 0.2) is 0 Å². The second-order valence-corrected chi connectivity index (χ2v) is 5.91. The molecule has 130 valence electrons. The predicted octanol–water partition coefficient (Wildman–Crippen LogP) is 4.94. The summed E-state index contributed by atoms with van der Waals surface area (Å²) in [4.78, 5) is 11.6. The summed E-state index contributed by atoms with van der Waals surface area (Å²) in [5.74, 6) is 1.28. The highest BCUT2D eigenvalue weighted by atomic mass is 19.1. The maximum absolute atomic E-state index is 13.1. The number of aromatic nitrogens is 2. The molecule has 1 heterocycles. The predicted molar refractivity (Wildman–Crippen MR) is 98.5 cm³/mol. The van der Waals surface area contributed by atoms with E-state index >= 15 is 0 Å². The summed E-state index contributed by atoms with van der Waals surface area (Å²) in [6.45, 7) is 8.45. The fourth-order valence-corrected chi connectivity index (χ4v) is 2.63. The van der Waals surface area contributed by atoms with Crippen LogP contribution < -0.4 is 10.2 Å². The summed E-state index contributed by atoms with van der Waals surface area (Å²) < 4.78 is 13.1. The van der Waals surface area contributed by atoms with Crippen LogP contribution in [0, 0.1) is 5.82 Å². The van der Waals surface area contributed by atoms with Gasteiger partial charge in [-0.3, -0.25) is 0 Å². The van der Waals surface area contributed by atoms with Crippen molar-refractivity contribution in [3.05, 3.63) is 41.8 Å². The molecule has 0 aliphatic rings. The third-order valence-corrected chi connectivity index (χ3v) is 3.68. The smallest absolute Gasteiger partial charge is 0.229 e. The van der Waals surface area contributed by atoms with Crippen molar-refractivity contribution in [2.24, 2.45) is 0 Å². The molecular weight excluding hydrogens is 303 g/mol. The fourth-order valence-electron chi connectivity index (χ4n) is 2.63. The SMILES string of the molecule is CCCc1cc(N(CCC)CCC)nc(Nc2ccc(F)cc2)n1. The fraction of sp³-hybridized carbons (Fsp3) is 0.474. The topological polar surface area (TPSA) is 41.1 Å². The zero-order valence-corrected chi connectivity index (χ0v) is 14.8. The molecule has 1 aromatic heterocycles. The first-order valence-electron chi connectivity index (χ1n) is 8.81. The molecule has 0 saturated carbocycles. The summed E-state index contributed by atoms with van der Waals surface area (Å²) in [7, 11) is 0. The van der Waals surface area contributed by atoms with Gasteiger partial charge in [-0.15, -0.1) is 0 Å². The minimum Gasteiger partial charge on any atom is -0.356 e. The molecule has 5 heteroatoms. The number of hydrogen-bond donors (Lipinski definition) is 1. The van der Waals surface area contributed by atoms with E-state index in [4.69, 9.17) is 0 Å². The lowest BCUT2D eigenvalue weighted by atomic mass is 10.2. The first kappa shape index (κ1) is 18.2. The molecule has 2 rings (SSSR count). The van der Waals surface area contributed by atoms with Crippen LogP contribution in [0.15, 0.2) is 30.3 Å². The first-order chi connectivity index (χ1) is 11.7. The van der Waals surface area contributed by atoms with Crippen LogP contribution in [-0.4, -0.2) is 23.1 Å². The van der Waals surface area contributed by atoms with Gasteiger partial charge in [-0.25, -0.2) is 9.37 Å². The monoisotopic (exact) mass is 330 g/mol. The van der Waals surface area contributed by atoms with Crippen LogP contribution in [0.25, 0.3) is 0 Å². The van der Waals surface area contributed by atoms with Gasteiger partial charge in [0.2, 0.25) is 5.95 Å². The van der Waals surface area contributed by atoms with Crippen LogP contribution in [0.1, 0.15) is 45.7 Å². The maximum atomic E-state index is 13.1. The lowest BCUT2D eigenvalue weighted by Gasteiger charge is -2.23. The van der Waals surface area contributed by atoms with E-state index in [0.29, 0.717) is 5.95 Å². The molecule has 0 aliphatic carbocycles. The highest BCUT2D eigenvalue weighted by Crippen LogP contribution is 2.20. The van der Waals surface area contributed by atoms with Crippen LogP contribution >= 0.6 is 0 Å². The lowest BCUT2D eigenvalue weighted by molar-refractivity contribution is 0.628. The van der Waals surface area contributed by atoms with Gasteiger partial charge in [0.05, 0.1) is 0 Å².